The number of piperidine rings is 1. The highest BCUT2D eigenvalue weighted by molar-refractivity contribution is 5.30. The summed E-state index contributed by atoms with van der Waals surface area (Å²) in [7, 11) is 2.15. The molecule has 2 rings (SSSR count). The molecule has 112 valence electrons. The number of benzene rings is 1. The molecule has 2 unspecified atom stereocenters. The number of halogens is 1. The van der Waals surface area contributed by atoms with Crippen LogP contribution in [0.15, 0.2) is 18.2 Å². The van der Waals surface area contributed by atoms with Gasteiger partial charge in [-0.05, 0) is 57.5 Å². The van der Waals surface area contributed by atoms with E-state index in [1.54, 1.807) is 6.07 Å². The van der Waals surface area contributed by atoms with Gasteiger partial charge in [-0.3, -0.25) is 0 Å². The Labute approximate surface area is 120 Å². The molecule has 4 heteroatoms. The molecule has 1 saturated heterocycles. The molecule has 0 saturated carbocycles. The van der Waals surface area contributed by atoms with Crippen molar-refractivity contribution in [2.24, 2.45) is 5.73 Å². The van der Waals surface area contributed by atoms with Crippen LogP contribution in [0.1, 0.15) is 44.2 Å². The van der Waals surface area contributed by atoms with Crippen molar-refractivity contribution in [1.29, 1.82) is 0 Å². The van der Waals surface area contributed by atoms with Gasteiger partial charge in [-0.25, -0.2) is 4.39 Å². The third-order valence-electron chi connectivity index (χ3n) is 4.11. The van der Waals surface area contributed by atoms with Gasteiger partial charge in [-0.1, -0.05) is 12.5 Å². The van der Waals surface area contributed by atoms with Gasteiger partial charge in [0.15, 0.2) is 11.6 Å². The van der Waals surface area contributed by atoms with Crippen LogP contribution in [0.3, 0.4) is 0 Å². The topological polar surface area (TPSA) is 38.5 Å². The summed E-state index contributed by atoms with van der Waals surface area (Å²) in [4.78, 5) is 2.38. The number of hydrogen-bond donors (Lipinski definition) is 1. The van der Waals surface area contributed by atoms with Crippen LogP contribution in [-0.2, 0) is 0 Å². The van der Waals surface area contributed by atoms with Crippen LogP contribution >= 0.6 is 0 Å². The number of nitrogens with two attached hydrogens (primary N) is 1. The fourth-order valence-corrected chi connectivity index (χ4v) is 2.73. The fourth-order valence-electron chi connectivity index (χ4n) is 2.73. The molecular formula is C16H25FN2O. The van der Waals surface area contributed by atoms with Crippen molar-refractivity contribution in [2.75, 3.05) is 20.2 Å². The number of likely N-dealkylation sites (tertiary alicyclic amines) is 1. The van der Waals surface area contributed by atoms with E-state index in [9.17, 15) is 4.39 Å². The number of rotatable bonds is 5. The van der Waals surface area contributed by atoms with Crippen LogP contribution in [0.25, 0.3) is 0 Å². The molecule has 0 amide bonds. The van der Waals surface area contributed by atoms with Crippen molar-refractivity contribution in [1.82, 2.24) is 4.90 Å². The molecule has 2 atom stereocenters. The summed E-state index contributed by atoms with van der Waals surface area (Å²) in [5.41, 5.74) is 6.53. The van der Waals surface area contributed by atoms with E-state index in [2.05, 4.69) is 11.9 Å². The molecule has 1 aromatic carbocycles. The monoisotopic (exact) mass is 280 g/mol. The summed E-state index contributed by atoms with van der Waals surface area (Å²) in [5, 5.41) is 0. The standard InChI is InChI=1S/C16H25FN2O/c1-12(18)13-6-7-16(15(17)11-13)20-10-8-14-5-3-4-9-19(14)2/h6-7,11-12,14H,3-5,8-10,18H2,1-2H3. The molecule has 0 spiro atoms. The van der Waals surface area contributed by atoms with Crippen LogP contribution in [0.2, 0.25) is 0 Å². The second kappa shape index (κ2) is 7.04. The Balaban J connectivity index is 1.84. The van der Waals surface area contributed by atoms with Gasteiger partial charge < -0.3 is 15.4 Å². The average Bonchev–Trinajstić information content (AvgIpc) is 2.42. The number of hydrogen-bond acceptors (Lipinski definition) is 3. The minimum atomic E-state index is -0.322. The largest absolute Gasteiger partial charge is 0.490 e. The van der Waals surface area contributed by atoms with E-state index in [0.29, 0.717) is 18.4 Å². The van der Waals surface area contributed by atoms with Gasteiger partial charge in [0, 0.05) is 12.1 Å². The van der Waals surface area contributed by atoms with Gasteiger partial charge >= 0.3 is 0 Å². The number of nitrogens with zero attached hydrogens (tertiary/aromatic N) is 1. The Kier molecular flexibility index (Phi) is 5.38. The van der Waals surface area contributed by atoms with Gasteiger partial charge in [0.2, 0.25) is 0 Å². The second-order valence-corrected chi connectivity index (χ2v) is 5.75. The Morgan fingerprint density at radius 3 is 2.90 bits per heavy atom. The van der Waals surface area contributed by atoms with Gasteiger partial charge in [0.05, 0.1) is 6.61 Å². The molecule has 0 bridgehead atoms. The minimum Gasteiger partial charge on any atom is -0.490 e. The Bertz CT molecular complexity index is 436. The van der Waals surface area contributed by atoms with Crippen LogP contribution in [0.4, 0.5) is 4.39 Å². The summed E-state index contributed by atoms with van der Waals surface area (Å²) < 4.78 is 19.4. The maximum Gasteiger partial charge on any atom is 0.165 e. The lowest BCUT2D eigenvalue weighted by Crippen LogP contribution is -2.37. The van der Waals surface area contributed by atoms with Gasteiger partial charge in [0.1, 0.15) is 0 Å². The molecule has 1 aliphatic heterocycles. The van der Waals surface area contributed by atoms with E-state index in [0.717, 1.165) is 18.5 Å². The lowest BCUT2D eigenvalue weighted by molar-refractivity contribution is 0.151. The molecular weight excluding hydrogens is 255 g/mol. The summed E-state index contributed by atoms with van der Waals surface area (Å²) in [6, 6.07) is 5.38. The van der Waals surface area contributed by atoms with E-state index in [1.807, 2.05) is 13.0 Å². The predicted molar refractivity (Wildman–Crippen MR) is 79.4 cm³/mol. The normalized spacial score (nSPS) is 21.7. The number of ether oxygens (including phenoxy) is 1. The van der Waals surface area contributed by atoms with E-state index < -0.39 is 0 Å². The minimum absolute atomic E-state index is 0.158. The third-order valence-corrected chi connectivity index (χ3v) is 4.11. The highest BCUT2D eigenvalue weighted by atomic mass is 19.1. The SMILES string of the molecule is CC(N)c1ccc(OCCC2CCCCN2C)c(F)c1. The maximum atomic E-state index is 13.9. The quantitative estimate of drug-likeness (QED) is 0.900. The van der Waals surface area contributed by atoms with Gasteiger partial charge in [-0.2, -0.15) is 0 Å². The van der Waals surface area contributed by atoms with Crippen LogP contribution in [0.5, 0.6) is 5.75 Å². The molecule has 1 fully saturated rings. The Morgan fingerprint density at radius 1 is 1.45 bits per heavy atom. The summed E-state index contributed by atoms with van der Waals surface area (Å²) in [5.74, 6) is 0.00432. The molecule has 1 aromatic rings. The molecule has 3 nitrogen and oxygen atoms in total. The fraction of sp³-hybridized carbons (Fsp3) is 0.625. The zero-order valence-corrected chi connectivity index (χ0v) is 12.4. The first-order valence-corrected chi connectivity index (χ1v) is 7.46. The average molecular weight is 280 g/mol. The molecule has 1 aliphatic rings. The molecule has 0 aromatic heterocycles. The second-order valence-electron chi connectivity index (χ2n) is 5.75. The first kappa shape index (κ1) is 15.3. The van der Waals surface area contributed by atoms with Crippen molar-refractivity contribution >= 4 is 0 Å². The zero-order chi connectivity index (χ0) is 14.5. The summed E-state index contributed by atoms with van der Waals surface area (Å²) in [6.07, 6.45) is 4.73. The third kappa shape index (κ3) is 3.93. The van der Waals surface area contributed by atoms with Crippen LogP contribution < -0.4 is 10.5 Å². The van der Waals surface area contributed by atoms with E-state index in [4.69, 9.17) is 10.5 Å². The molecule has 0 aliphatic carbocycles. The van der Waals surface area contributed by atoms with Gasteiger partial charge in [-0.15, -0.1) is 0 Å². The zero-order valence-electron chi connectivity index (χ0n) is 12.4. The summed E-state index contributed by atoms with van der Waals surface area (Å²) in [6.45, 7) is 3.56. The van der Waals surface area contributed by atoms with Crippen molar-refractivity contribution in [3.8, 4) is 5.75 Å². The molecule has 20 heavy (non-hydrogen) atoms. The van der Waals surface area contributed by atoms with Crippen LogP contribution in [-0.4, -0.2) is 31.1 Å². The molecule has 1 heterocycles. The first-order chi connectivity index (χ1) is 9.58. The Morgan fingerprint density at radius 2 is 2.25 bits per heavy atom. The van der Waals surface area contributed by atoms with Gasteiger partial charge in [0.25, 0.3) is 0 Å². The Hall–Kier alpha value is -1.13. The molecule has 0 radical (unpaired) electrons. The van der Waals surface area contributed by atoms with E-state index >= 15 is 0 Å². The molecule has 2 N–H and O–H groups in total. The van der Waals surface area contributed by atoms with Crippen molar-refractivity contribution in [3.63, 3.8) is 0 Å². The van der Waals surface area contributed by atoms with E-state index in [-0.39, 0.29) is 11.9 Å². The lowest BCUT2D eigenvalue weighted by atomic mass is 10.0. The maximum absolute atomic E-state index is 13.9. The highest BCUT2D eigenvalue weighted by Gasteiger charge is 2.18. The van der Waals surface area contributed by atoms with E-state index in [1.165, 1.54) is 25.3 Å². The first-order valence-electron chi connectivity index (χ1n) is 7.46. The van der Waals surface area contributed by atoms with Crippen molar-refractivity contribution < 1.29 is 9.13 Å². The van der Waals surface area contributed by atoms with Crippen LogP contribution in [0, 0.1) is 5.82 Å². The lowest BCUT2D eigenvalue weighted by Gasteiger charge is -2.32. The predicted octanol–water partition coefficient (Wildman–Crippen LogP) is 3.10. The van der Waals surface area contributed by atoms with Crippen molar-refractivity contribution in [3.05, 3.63) is 29.6 Å². The summed E-state index contributed by atoms with van der Waals surface area (Å²) >= 11 is 0. The smallest absolute Gasteiger partial charge is 0.165 e. The van der Waals surface area contributed by atoms with Crippen molar-refractivity contribution in [2.45, 2.75) is 44.7 Å². The highest BCUT2D eigenvalue weighted by Crippen LogP contribution is 2.22.